The third kappa shape index (κ3) is 2.16. The second-order valence-electron chi connectivity index (χ2n) is 4.36. The quantitative estimate of drug-likeness (QED) is 0.573. The lowest BCUT2D eigenvalue weighted by Gasteiger charge is -2.36. The van der Waals surface area contributed by atoms with Crippen LogP contribution in [0.4, 0.5) is 0 Å². The molecular weight excluding hydrogens is 168 g/mol. The molecule has 0 aromatic carbocycles. The van der Waals surface area contributed by atoms with Crippen LogP contribution in [0.25, 0.3) is 0 Å². The zero-order valence-corrected chi connectivity index (χ0v) is 9.27. The molecule has 1 aliphatic carbocycles. The van der Waals surface area contributed by atoms with E-state index in [1.165, 1.54) is 19.3 Å². The SMILES string of the molecule is CCC(Cl)C1CCCC(C)C1C. The Bertz CT molecular complexity index is 133. The first-order valence-corrected chi connectivity index (χ1v) is 5.74. The molecule has 0 nitrogen and oxygen atoms in total. The van der Waals surface area contributed by atoms with Gasteiger partial charge in [-0.1, -0.05) is 33.6 Å². The van der Waals surface area contributed by atoms with Gasteiger partial charge in [0.15, 0.2) is 0 Å². The molecule has 0 N–H and O–H groups in total. The molecule has 0 bridgehead atoms. The lowest BCUT2D eigenvalue weighted by atomic mass is 9.72. The molecule has 0 saturated heterocycles. The molecule has 4 atom stereocenters. The summed E-state index contributed by atoms with van der Waals surface area (Å²) in [6.07, 6.45) is 5.28. The van der Waals surface area contributed by atoms with Gasteiger partial charge in [-0.05, 0) is 30.6 Å². The van der Waals surface area contributed by atoms with Crippen LogP contribution in [0.2, 0.25) is 0 Å². The van der Waals surface area contributed by atoms with Crippen molar-refractivity contribution in [3.63, 3.8) is 0 Å². The number of halogens is 1. The Kier molecular flexibility index (Phi) is 3.89. The van der Waals surface area contributed by atoms with E-state index in [0.717, 1.165) is 24.2 Å². The summed E-state index contributed by atoms with van der Waals surface area (Å²) in [5, 5.41) is 0.419. The topological polar surface area (TPSA) is 0 Å². The Morgan fingerprint density at radius 2 is 2.00 bits per heavy atom. The van der Waals surface area contributed by atoms with Gasteiger partial charge in [0.05, 0.1) is 0 Å². The third-order valence-electron chi connectivity index (χ3n) is 3.62. The highest BCUT2D eigenvalue weighted by Crippen LogP contribution is 2.38. The standard InChI is InChI=1S/C11H21Cl/c1-4-11(12)10-7-5-6-8(2)9(10)3/h8-11H,4-7H2,1-3H3. The Morgan fingerprint density at radius 1 is 1.33 bits per heavy atom. The summed E-state index contributed by atoms with van der Waals surface area (Å²) in [5.74, 6) is 2.50. The van der Waals surface area contributed by atoms with Crippen molar-refractivity contribution in [1.29, 1.82) is 0 Å². The molecule has 4 unspecified atom stereocenters. The van der Waals surface area contributed by atoms with Gasteiger partial charge >= 0.3 is 0 Å². The summed E-state index contributed by atoms with van der Waals surface area (Å²) < 4.78 is 0. The normalized spacial score (nSPS) is 39.5. The molecule has 1 saturated carbocycles. The average Bonchev–Trinajstić information content (AvgIpc) is 2.08. The van der Waals surface area contributed by atoms with Crippen molar-refractivity contribution in [2.45, 2.75) is 51.8 Å². The fraction of sp³-hybridized carbons (Fsp3) is 1.00. The van der Waals surface area contributed by atoms with E-state index in [4.69, 9.17) is 11.6 Å². The summed E-state index contributed by atoms with van der Waals surface area (Å²) in [7, 11) is 0. The predicted molar refractivity (Wildman–Crippen MR) is 55.6 cm³/mol. The highest BCUT2D eigenvalue weighted by molar-refractivity contribution is 6.20. The molecule has 0 radical (unpaired) electrons. The maximum absolute atomic E-state index is 6.30. The van der Waals surface area contributed by atoms with Crippen LogP contribution in [0.1, 0.15) is 46.5 Å². The van der Waals surface area contributed by atoms with Gasteiger partial charge in [-0.25, -0.2) is 0 Å². The minimum atomic E-state index is 0.419. The van der Waals surface area contributed by atoms with Crippen molar-refractivity contribution in [2.24, 2.45) is 17.8 Å². The molecule has 72 valence electrons. The second-order valence-corrected chi connectivity index (χ2v) is 4.92. The van der Waals surface area contributed by atoms with Crippen molar-refractivity contribution < 1.29 is 0 Å². The molecule has 0 spiro atoms. The Hall–Kier alpha value is 0.290. The Morgan fingerprint density at radius 3 is 2.58 bits per heavy atom. The highest BCUT2D eigenvalue weighted by atomic mass is 35.5. The minimum absolute atomic E-state index is 0.419. The fourth-order valence-corrected chi connectivity index (χ4v) is 2.79. The number of hydrogen-bond donors (Lipinski definition) is 0. The molecule has 1 fully saturated rings. The van der Waals surface area contributed by atoms with Gasteiger partial charge in [-0.2, -0.15) is 0 Å². The zero-order valence-electron chi connectivity index (χ0n) is 8.52. The summed E-state index contributed by atoms with van der Waals surface area (Å²) in [6.45, 7) is 6.94. The molecule has 1 aliphatic rings. The molecule has 0 aliphatic heterocycles. The number of hydrogen-bond acceptors (Lipinski definition) is 0. The van der Waals surface area contributed by atoms with Crippen molar-refractivity contribution in [2.75, 3.05) is 0 Å². The van der Waals surface area contributed by atoms with Crippen LogP contribution >= 0.6 is 11.6 Å². The lowest BCUT2D eigenvalue weighted by Crippen LogP contribution is -2.30. The van der Waals surface area contributed by atoms with Crippen LogP contribution in [0.15, 0.2) is 0 Å². The first kappa shape index (κ1) is 10.4. The van der Waals surface area contributed by atoms with E-state index in [1.54, 1.807) is 0 Å². The molecule has 0 amide bonds. The van der Waals surface area contributed by atoms with Gasteiger partial charge in [0, 0.05) is 5.38 Å². The van der Waals surface area contributed by atoms with E-state index in [-0.39, 0.29) is 0 Å². The van der Waals surface area contributed by atoms with E-state index in [2.05, 4.69) is 20.8 Å². The molecule has 0 aromatic heterocycles. The molecule has 0 aromatic rings. The first-order valence-electron chi connectivity index (χ1n) is 5.30. The lowest BCUT2D eigenvalue weighted by molar-refractivity contribution is 0.175. The van der Waals surface area contributed by atoms with Crippen molar-refractivity contribution in [3.8, 4) is 0 Å². The number of alkyl halides is 1. The monoisotopic (exact) mass is 188 g/mol. The van der Waals surface area contributed by atoms with E-state index in [1.807, 2.05) is 0 Å². The Labute approximate surface area is 81.7 Å². The van der Waals surface area contributed by atoms with Gasteiger partial charge in [-0.15, -0.1) is 11.6 Å². The maximum atomic E-state index is 6.30. The fourth-order valence-electron chi connectivity index (χ4n) is 2.44. The van der Waals surface area contributed by atoms with Gasteiger partial charge < -0.3 is 0 Å². The second kappa shape index (κ2) is 4.50. The number of rotatable bonds is 2. The van der Waals surface area contributed by atoms with Crippen molar-refractivity contribution >= 4 is 11.6 Å². The van der Waals surface area contributed by atoms with Gasteiger partial charge in [0.2, 0.25) is 0 Å². The largest absolute Gasteiger partial charge is 0.123 e. The van der Waals surface area contributed by atoms with Crippen LogP contribution < -0.4 is 0 Å². The minimum Gasteiger partial charge on any atom is -0.123 e. The van der Waals surface area contributed by atoms with E-state index >= 15 is 0 Å². The molecular formula is C11H21Cl. The molecule has 0 heterocycles. The molecule has 1 rings (SSSR count). The van der Waals surface area contributed by atoms with Gasteiger partial charge in [-0.3, -0.25) is 0 Å². The molecule has 12 heavy (non-hydrogen) atoms. The van der Waals surface area contributed by atoms with E-state index in [0.29, 0.717) is 5.38 Å². The van der Waals surface area contributed by atoms with E-state index in [9.17, 15) is 0 Å². The van der Waals surface area contributed by atoms with Crippen molar-refractivity contribution in [3.05, 3.63) is 0 Å². The zero-order chi connectivity index (χ0) is 9.14. The van der Waals surface area contributed by atoms with Crippen LogP contribution in [-0.4, -0.2) is 5.38 Å². The third-order valence-corrected chi connectivity index (χ3v) is 4.26. The summed E-state index contributed by atoms with van der Waals surface area (Å²) >= 11 is 6.30. The summed E-state index contributed by atoms with van der Waals surface area (Å²) in [4.78, 5) is 0. The average molecular weight is 189 g/mol. The molecule has 1 heteroatoms. The summed E-state index contributed by atoms with van der Waals surface area (Å²) in [5.41, 5.74) is 0. The highest BCUT2D eigenvalue weighted by Gasteiger charge is 2.30. The summed E-state index contributed by atoms with van der Waals surface area (Å²) in [6, 6.07) is 0. The maximum Gasteiger partial charge on any atom is 0.0364 e. The van der Waals surface area contributed by atoms with Crippen LogP contribution in [-0.2, 0) is 0 Å². The smallest absolute Gasteiger partial charge is 0.0364 e. The Balaban J connectivity index is 2.51. The van der Waals surface area contributed by atoms with Crippen LogP contribution in [0.3, 0.4) is 0 Å². The van der Waals surface area contributed by atoms with Crippen LogP contribution in [0, 0.1) is 17.8 Å². The van der Waals surface area contributed by atoms with Crippen LogP contribution in [0.5, 0.6) is 0 Å². The first-order chi connectivity index (χ1) is 5.66. The van der Waals surface area contributed by atoms with E-state index < -0.39 is 0 Å². The van der Waals surface area contributed by atoms with Gasteiger partial charge in [0.25, 0.3) is 0 Å². The predicted octanol–water partition coefficient (Wildman–Crippen LogP) is 4.08. The van der Waals surface area contributed by atoms with Gasteiger partial charge in [0.1, 0.15) is 0 Å². The van der Waals surface area contributed by atoms with Crippen molar-refractivity contribution in [1.82, 2.24) is 0 Å².